The van der Waals surface area contributed by atoms with Crippen molar-refractivity contribution in [1.29, 1.82) is 0 Å². The van der Waals surface area contributed by atoms with Gasteiger partial charge in [-0.25, -0.2) is 14.2 Å². The van der Waals surface area contributed by atoms with Gasteiger partial charge in [0.15, 0.2) is 5.82 Å². The number of aromatic amines is 1. The molecule has 34 heavy (non-hydrogen) atoms. The van der Waals surface area contributed by atoms with Gasteiger partial charge in [-0.2, -0.15) is 0 Å². The van der Waals surface area contributed by atoms with E-state index in [0.29, 0.717) is 49.8 Å². The third-order valence-corrected chi connectivity index (χ3v) is 6.13. The lowest BCUT2D eigenvalue weighted by Gasteiger charge is -2.07. The fourth-order valence-corrected chi connectivity index (χ4v) is 4.28. The molecule has 0 bridgehead atoms. The summed E-state index contributed by atoms with van der Waals surface area (Å²) in [7, 11) is 1.67. The minimum atomic E-state index is -0.718. The molecule has 5 rings (SSSR count). The summed E-state index contributed by atoms with van der Waals surface area (Å²) in [5, 5.41) is 0.452. The molecular weight excluding hydrogens is 457 g/mol. The van der Waals surface area contributed by atoms with E-state index in [9.17, 15) is 14.0 Å². The maximum Gasteiger partial charge on any atom is 0.333 e. The topological polar surface area (TPSA) is 98.7 Å². The molecule has 2 aromatic heterocycles. The van der Waals surface area contributed by atoms with Gasteiger partial charge >= 0.3 is 5.69 Å². The highest BCUT2D eigenvalue weighted by molar-refractivity contribution is 6.32. The number of hydrogen-bond acceptors (Lipinski definition) is 3. The van der Waals surface area contributed by atoms with E-state index >= 15 is 0 Å². The SMILES string of the molecule is Cc1cc(-c2[nH]c(C(N)=O)nc2-c2ccc3c(c2)n(C)c(=O)n3-c2ccccc2Cl)ccc1F. The Bertz CT molecular complexity index is 1660. The summed E-state index contributed by atoms with van der Waals surface area (Å²) in [6, 6.07) is 17.1. The number of aryl methyl sites for hydroxylation is 2. The standard InChI is InChI=1S/C25H19ClFN5O2/c1-13-11-14(7-9-17(13)27)21-22(30-24(29-21)23(28)33)15-8-10-19-20(12-15)31(2)25(34)32(19)18-6-4-3-5-16(18)26/h3-12H,1-2H3,(H2,28,33)(H,29,30). The number of nitrogens with two attached hydrogens (primary N) is 1. The van der Waals surface area contributed by atoms with E-state index in [4.69, 9.17) is 17.3 Å². The lowest BCUT2D eigenvalue weighted by molar-refractivity contribution is 0.0991. The third-order valence-electron chi connectivity index (χ3n) is 5.81. The minimum Gasteiger partial charge on any atom is -0.363 e. The van der Waals surface area contributed by atoms with Crippen LogP contribution < -0.4 is 11.4 Å². The predicted octanol–water partition coefficient (Wildman–Crippen LogP) is 4.59. The average Bonchev–Trinajstić information content (AvgIpc) is 3.37. The highest BCUT2D eigenvalue weighted by Gasteiger charge is 2.20. The molecule has 5 aromatic rings. The van der Waals surface area contributed by atoms with Crippen molar-refractivity contribution in [3.63, 3.8) is 0 Å². The van der Waals surface area contributed by atoms with Gasteiger partial charge in [-0.05, 0) is 55.0 Å². The monoisotopic (exact) mass is 475 g/mol. The zero-order valence-electron chi connectivity index (χ0n) is 18.3. The number of aromatic nitrogens is 4. The second-order valence-corrected chi connectivity index (χ2v) is 8.38. The van der Waals surface area contributed by atoms with E-state index in [1.165, 1.54) is 10.6 Å². The number of nitrogens with zero attached hydrogens (tertiary/aromatic N) is 3. The Morgan fingerprint density at radius 1 is 1.06 bits per heavy atom. The number of hydrogen-bond donors (Lipinski definition) is 2. The zero-order valence-corrected chi connectivity index (χ0v) is 19.0. The molecule has 0 radical (unpaired) electrons. The first-order valence-corrected chi connectivity index (χ1v) is 10.8. The van der Waals surface area contributed by atoms with Crippen LogP contribution in [0.4, 0.5) is 4.39 Å². The molecule has 2 heterocycles. The molecule has 3 N–H and O–H groups in total. The van der Waals surface area contributed by atoms with Gasteiger partial charge in [0.25, 0.3) is 5.91 Å². The molecule has 0 spiro atoms. The van der Waals surface area contributed by atoms with Crippen LogP contribution >= 0.6 is 11.6 Å². The van der Waals surface area contributed by atoms with E-state index in [1.807, 2.05) is 12.1 Å². The highest BCUT2D eigenvalue weighted by atomic mass is 35.5. The number of imidazole rings is 2. The van der Waals surface area contributed by atoms with Crippen molar-refractivity contribution >= 4 is 28.5 Å². The number of halogens is 2. The smallest absolute Gasteiger partial charge is 0.333 e. The minimum absolute atomic E-state index is 0.0189. The van der Waals surface area contributed by atoms with E-state index in [0.717, 1.165) is 0 Å². The Labute approximate surface area is 198 Å². The summed E-state index contributed by atoms with van der Waals surface area (Å²) >= 11 is 6.36. The van der Waals surface area contributed by atoms with E-state index < -0.39 is 5.91 Å². The molecule has 3 aromatic carbocycles. The summed E-state index contributed by atoms with van der Waals surface area (Å²) in [4.78, 5) is 32.3. The van der Waals surface area contributed by atoms with Crippen LogP contribution in [-0.2, 0) is 7.05 Å². The number of amides is 1. The van der Waals surface area contributed by atoms with Crippen LogP contribution in [0.1, 0.15) is 16.2 Å². The van der Waals surface area contributed by atoms with Crippen LogP contribution in [0.25, 0.3) is 39.2 Å². The molecule has 0 aliphatic heterocycles. The van der Waals surface area contributed by atoms with Crippen LogP contribution in [0.5, 0.6) is 0 Å². The van der Waals surface area contributed by atoms with Crippen LogP contribution in [0.15, 0.2) is 65.5 Å². The maximum atomic E-state index is 13.9. The lowest BCUT2D eigenvalue weighted by Crippen LogP contribution is -2.21. The van der Waals surface area contributed by atoms with Crippen molar-refractivity contribution in [2.75, 3.05) is 0 Å². The molecule has 0 aliphatic carbocycles. The van der Waals surface area contributed by atoms with Crippen LogP contribution in [0.2, 0.25) is 5.02 Å². The fourth-order valence-electron chi connectivity index (χ4n) is 4.06. The van der Waals surface area contributed by atoms with Gasteiger partial charge in [-0.3, -0.25) is 13.9 Å². The quantitative estimate of drug-likeness (QED) is 0.398. The first-order valence-electron chi connectivity index (χ1n) is 10.4. The van der Waals surface area contributed by atoms with Crippen molar-refractivity contribution in [3.05, 3.63) is 93.4 Å². The van der Waals surface area contributed by atoms with Gasteiger partial charge in [-0.1, -0.05) is 29.8 Å². The zero-order chi connectivity index (χ0) is 24.1. The summed E-state index contributed by atoms with van der Waals surface area (Å²) in [6.07, 6.45) is 0. The number of fused-ring (bicyclic) bond motifs is 1. The van der Waals surface area contributed by atoms with Gasteiger partial charge in [0.2, 0.25) is 0 Å². The molecular formula is C25H19ClFN5O2. The van der Waals surface area contributed by atoms with Crippen LogP contribution in [0, 0.1) is 12.7 Å². The number of nitrogens with one attached hydrogen (secondary N) is 1. The van der Waals surface area contributed by atoms with Gasteiger partial charge < -0.3 is 10.7 Å². The predicted molar refractivity (Wildman–Crippen MR) is 130 cm³/mol. The molecule has 0 fully saturated rings. The number of H-pyrrole nitrogens is 1. The number of para-hydroxylation sites is 1. The summed E-state index contributed by atoms with van der Waals surface area (Å²) < 4.78 is 16.9. The van der Waals surface area contributed by atoms with Crippen LogP contribution in [-0.4, -0.2) is 25.0 Å². The van der Waals surface area contributed by atoms with Crippen molar-refractivity contribution in [1.82, 2.24) is 19.1 Å². The lowest BCUT2D eigenvalue weighted by atomic mass is 10.0. The Balaban J connectivity index is 1.74. The van der Waals surface area contributed by atoms with E-state index in [2.05, 4.69) is 9.97 Å². The number of carbonyl (C=O) groups excluding carboxylic acids is 1. The molecule has 1 amide bonds. The fraction of sp³-hybridized carbons (Fsp3) is 0.0800. The van der Waals surface area contributed by atoms with Crippen molar-refractivity contribution in [2.45, 2.75) is 6.92 Å². The summed E-state index contributed by atoms with van der Waals surface area (Å²) in [5.74, 6) is -1.07. The highest BCUT2D eigenvalue weighted by Crippen LogP contribution is 2.33. The first kappa shape index (κ1) is 21.7. The molecule has 0 unspecified atom stereocenters. The van der Waals surface area contributed by atoms with Crippen molar-refractivity contribution in [3.8, 4) is 28.2 Å². The molecule has 0 atom stereocenters. The summed E-state index contributed by atoms with van der Waals surface area (Å²) in [6.45, 7) is 1.66. The molecule has 0 saturated heterocycles. The second kappa shape index (κ2) is 8.00. The van der Waals surface area contributed by atoms with Gasteiger partial charge in [0.05, 0.1) is 33.1 Å². The normalized spacial score (nSPS) is 11.3. The third kappa shape index (κ3) is 3.39. The molecule has 0 aliphatic rings. The van der Waals surface area contributed by atoms with Crippen molar-refractivity contribution < 1.29 is 9.18 Å². The summed E-state index contributed by atoms with van der Waals surface area (Å²) in [5.41, 5.74) is 9.83. The number of benzene rings is 3. The maximum absolute atomic E-state index is 13.9. The van der Waals surface area contributed by atoms with E-state index in [-0.39, 0.29) is 17.3 Å². The largest absolute Gasteiger partial charge is 0.363 e. The number of primary amides is 1. The van der Waals surface area contributed by atoms with Crippen molar-refractivity contribution in [2.24, 2.45) is 12.8 Å². The number of rotatable bonds is 4. The number of carbonyl (C=O) groups is 1. The van der Waals surface area contributed by atoms with Gasteiger partial charge in [0, 0.05) is 18.2 Å². The molecule has 9 heteroatoms. The Kier molecular flexibility index (Phi) is 5.10. The van der Waals surface area contributed by atoms with Gasteiger partial charge in [0.1, 0.15) is 5.82 Å². The Hall–Kier alpha value is -4.17. The second-order valence-electron chi connectivity index (χ2n) is 7.97. The molecule has 0 saturated carbocycles. The molecule has 7 nitrogen and oxygen atoms in total. The molecule has 170 valence electrons. The van der Waals surface area contributed by atoms with Gasteiger partial charge in [-0.15, -0.1) is 0 Å². The van der Waals surface area contributed by atoms with Crippen LogP contribution in [0.3, 0.4) is 0 Å². The Morgan fingerprint density at radius 3 is 2.50 bits per heavy atom. The average molecular weight is 476 g/mol. The first-order chi connectivity index (χ1) is 16.3. The van der Waals surface area contributed by atoms with E-state index in [1.54, 1.807) is 61.0 Å². The Morgan fingerprint density at radius 2 is 1.79 bits per heavy atom.